The largest absolute Gasteiger partial charge is 0.348 e. The van der Waals surface area contributed by atoms with Crippen LogP contribution in [-0.2, 0) is 12.0 Å². The molecule has 1 aromatic rings. The second-order valence-corrected chi connectivity index (χ2v) is 7.98. The normalized spacial score (nSPS) is 13.8. The molecule has 0 aromatic carbocycles. The number of thiazole rings is 1. The lowest BCUT2D eigenvalue weighted by molar-refractivity contribution is 0.545. The predicted octanol–water partition coefficient (Wildman–Crippen LogP) is 4.17. The Labute approximate surface area is 128 Å². The van der Waals surface area contributed by atoms with E-state index in [9.17, 15) is 0 Å². The predicted molar refractivity (Wildman–Crippen MR) is 90.9 cm³/mol. The zero-order valence-electron chi connectivity index (χ0n) is 14.4. The summed E-state index contributed by atoms with van der Waals surface area (Å²) in [5.41, 5.74) is 1.33. The zero-order chi connectivity index (χ0) is 15.5. The summed E-state index contributed by atoms with van der Waals surface area (Å²) in [6.45, 7) is 16.5. The highest BCUT2D eigenvalue weighted by Crippen LogP contribution is 2.34. The molecule has 20 heavy (non-hydrogen) atoms. The van der Waals surface area contributed by atoms with Gasteiger partial charge in [-0.15, -0.1) is 11.3 Å². The molecule has 0 aliphatic heterocycles. The van der Waals surface area contributed by atoms with E-state index < -0.39 is 0 Å². The van der Waals surface area contributed by atoms with E-state index in [1.54, 1.807) is 0 Å². The minimum absolute atomic E-state index is 0.0963. The Balaban J connectivity index is 3.05. The van der Waals surface area contributed by atoms with E-state index in [1.165, 1.54) is 10.6 Å². The van der Waals surface area contributed by atoms with E-state index in [1.807, 2.05) is 11.3 Å². The molecule has 1 N–H and O–H groups in total. The highest BCUT2D eigenvalue weighted by molar-refractivity contribution is 7.15. The molecule has 0 amide bonds. The second kappa shape index (κ2) is 6.90. The molecule has 0 saturated carbocycles. The molecular weight excluding hydrogens is 266 g/mol. The van der Waals surface area contributed by atoms with Crippen LogP contribution in [0.25, 0.3) is 0 Å². The van der Waals surface area contributed by atoms with Gasteiger partial charge in [0.1, 0.15) is 0 Å². The average Bonchev–Trinajstić information content (AvgIpc) is 2.78. The van der Waals surface area contributed by atoms with Crippen LogP contribution in [0.1, 0.15) is 65.5 Å². The SMILES string of the molecule is CCC(C)N(C)c1nc(C(C)(C)C)c(CNC(C)C)s1. The highest BCUT2D eigenvalue weighted by atomic mass is 32.1. The standard InChI is InChI=1S/C16H31N3S/c1-9-12(4)19(8)15-18-14(16(5,6)7)13(20-15)10-17-11(2)3/h11-12,17H,9-10H2,1-8H3. The van der Waals surface area contributed by atoms with Crippen LogP contribution in [0, 0.1) is 0 Å². The van der Waals surface area contributed by atoms with Crippen LogP contribution in [-0.4, -0.2) is 24.1 Å². The van der Waals surface area contributed by atoms with Gasteiger partial charge in [-0.2, -0.15) is 0 Å². The number of nitrogens with one attached hydrogen (secondary N) is 1. The van der Waals surface area contributed by atoms with Gasteiger partial charge in [-0.1, -0.05) is 41.5 Å². The Bertz CT molecular complexity index is 418. The van der Waals surface area contributed by atoms with Gasteiger partial charge in [0.25, 0.3) is 0 Å². The number of anilines is 1. The first-order chi connectivity index (χ1) is 9.16. The van der Waals surface area contributed by atoms with Crippen molar-refractivity contribution in [1.82, 2.24) is 10.3 Å². The van der Waals surface area contributed by atoms with E-state index in [0.717, 1.165) is 18.1 Å². The number of nitrogens with zero attached hydrogens (tertiary/aromatic N) is 2. The van der Waals surface area contributed by atoms with Crippen molar-refractivity contribution in [2.45, 2.75) is 78.9 Å². The fourth-order valence-corrected chi connectivity index (χ4v) is 3.24. The summed E-state index contributed by atoms with van der Waals surface area (Å²) in [5.74, 6) is 0. The van der Waals surface area contributed by atoms with Crippen molar-refractivity contribution < 1.29 is 0 Å². The number of hydrogen-bond acceptors (Lipinski definition) is 4. The Morgan fingerprint density at radius 3 is 2.30 bits per heavy atom. The maximum absolute atomic E-state index is 4.93. The van der Waals surface area contributed by atoms with Gasteiger partial charge >= 0.3 is 0 Å². The molecule has 0 spiro atoms. The summed E-state index contributed by atoms with van der Waals surface area (Å²) < 4.78 is 0. The smallest absolute Gasteiger partial charge is 0.185 e. The van der Waals surface area contributed by atoms with E-state index in [0.29, 0.717) is 12.1 Å². The lowest BCUT2D eigenvalue weighted by Crippen LogP contribution is -2.28. The summed E-state index contributed by atoms with van der Waals surface area (Å²) in [5, 5.41) is 4.66. The van der Waals surface area contributed by atoms with E-state index in [-0.39, 0.29) is 5.41 Å². The van der Waals surface area contributed by atoms with E-state index >= 15 is 0 Å². The molecule has 0 aliphatic carbocycles. The minimum Gasteiger partial charge on any atom is -0.348 e. The summed E-state index contributed by atoms with van der Waals surface area (Å²) in [6, 6.07) is 1.03. The quantitative estimate of drug-likeness (QED) is 0.854. The molecule has 1 atom stereocenters. The fourth-order valence-electron chi connectivity index (χ4n) is 1.96. The van der Waals surface area contributed by atoms with Crippen molar-refractivity contribution in [3.05, 3.63) is 10.6 Å². The lowest BCUT2D eigenvalue weighted by Gasteiger charge is -2.23. The zero-order valence-corrected chi connectivity index (χ0v) is 15.2. The molecule has 0 radical (unpaired) electrons. The molecule has 0 bridgehead atoms. The third-order valence-corrected chi connectivity index (χ3v) is 4.77. The first kappa shape index (κ1) is 17.4. The molecule has 1 rings (SSSR count). The van der Waals surface area contributed by atoms with Gasteiger partial charge in [-0.3, -0.25) is 0 Å². The Morgan fingerprint density at radius 1 is 1.25 bits per heavy atom. The van der Waals surface area contributed by atoms with Gasteiger partial charge in [0, 0.05) is 36.0 Å². The molecular formula is C16H31N3S. The van der Waals surface area contributed by atoms with Crippen molar-refractivity contribution >= 4 is 16.5 Å². The summed E-state index contributed by atoms with van der Waals surface area (Å²) in [7, 11) is 2.15. The van der Waals surface area contributed by atoms with Crippen molar-refractivity contribution in [3.63, 3.8) is 0 Å². The molecule has 4 heteroatoms. The van der Waals surface area contributed by atoms with Gasteiger partial charge in [0.2, 0.25) is 0 Å². The Morgan fingerprint density at radius 2 is 1.85 bits per heavy atom. The van der Waals surface area contributed by atoms with Crippen molar-refractivity contribution in [2.24, 2.45) is 0 Å². The van der Waals surface area contributed by atoms with Crippen molar-refractivity contribution in [2.75, 3.05) is 11.9 Å². The Hall–Kier alpha value is -0.610. The van der Waals surface area contributed by atoms with Crippen molar-refractivity contribution in [1.29, 1.82) is 0 Å². The maximum atomic E-state index is 4.93. The number of hydrogen-bond donors (Lipinski definition) is 1. The topological polar surface area (TPSA) is 28.2 Å². The molecule has 0 fully saturated rings. The fraction of sp³-hybridized carbons (Fsp3) is 0.812. The molecule has 1 aromatic heterocycles. The lowest BCUT2D eigenvalue weighted by atomic mass is 9.91. The Kier molecular flexibility index (Phi) is 6.02. The third-order valence-electron chi connectivity index (χ3n) is 3.62. The molecule has 1 heterocycles. The second-order valence-electron chi connectivity index (χ2n) is 6.92. The third kappa shape index (κ3) is 4.45. The van der Waals surface area contributed by atoms with Crippen LogP contribution in [0.3, 0.4) is 0 Å². The van der Waals surface area contributed by atoms with Crippen LogP contribution >= 0.6 is 11.3 Å². The summed E-state index contributed by atoms with van der Waals surface area (Å²) in [4.78, 5) is 8.61. The first-order valence-corrected chi connectivity index (χ1v) is 8.44. The van der Waals surface area contributed by atoms with Gasteiger partial charge in [0.05, 0.1) is 5.69 Å². The average molecular weight is 298 g/mol. The van der Waals surface area contributed by atoms with Gasteiger partial charge < -0.3 is 10.2 Å². The maximum Gasteiger partial charge on any atom is 0.185 e. The van der Waals surface area contributed by atoms with Crippen LogP contribution in [0.15, 0.2) is 0 Å². The van der Waals surface area contributed by atoms with E-state index in [4.69, 9.17) is 4.98 Å². The molecule has 0 saturated heterocycles. The van der Waals surface area contributed by atoms with Crippen LogP contribution in [0.2, 0.25) is 0 Å². The molecule has 116 valence electrons. The van der Waals surface area contributed by atoms with E-state index in [2.05, 4.69) is 65.7 Å². The monoisotopic (exact) mass is 297 g/mol. The van der Waals surface area contributed by atoms with Crippen LogP contribution in [0.4, 0.5) is 5.13 Å². The molecule has 0 aliphatic rings. The van der Waals surface area contributed by atoms with Crippen molar-refractivity contribution in [3.8, 4) is 0 Å². The van der Waals surface area contributed by atoms with Gasteiger partial charge in [-0.05, 0) is 13.3 Å². The number of aromatic nitrogens is 1. The highest BCUT2D eigenvalue weighted by Gasteiger charge is 2.25. The van der Waals surface area contributed by atoms with Crippen LogP contribution < -0.4 is 10.2 Å². The summed E-state index contributed by atoms with van der Waals surface area (Å²) >= 11 is 1.83. The van der Waals surface area contributed by atoms with Gasteiger partial charge in [-0.25, -0.2) is 4.98 Å². The molecule has 3 nitrogen and oxygen atoms in total. The van der Waals surface area contributed by atoms with Gasteiger partial charge in [0.15, 0.2) is 5.13 Å². The summed E-state index contributed by atoms with van der Waals surface area (Å²) in [6.07, 6.45) is 1.14. The molecule has 1 unspecified atom stereocenters. The van der Waals surface area contributed by atoms with Crippen LogP contribution in [0.5, 0.6) is 0 Å². The minimum atomic E-state index is 0.0963. The number of rotatable bonds is 6. The first-order valence-electron chi connectivity index (χ1n) is 7.63.